The first-order valence-corrected chi connectivity index (χ1v) is 9.86. The molecule has 0 aliphatic carbocycles. The monoisotopic (exact) mass is 329 g/mol. The van der Waals surface area contributed by atoms with Crippen LogP contribution < -0.4 is 5.32 Å². The Labute approximate surface area is 133 Å². The largest absolute Gasteiger partial charge is 0.372 e. The Hall–Kier alpha value is -0.920. The van der Waals surface area contributed by atoms with Crippen LogP contribution in [0.1, 0.15) is 39.0 Å². The quantitative estimate of drug-likeness (QED) is 0.780. The van der Waals surface area contributed by atoms with Gasteiger partial charge >= 0.3 is 0 Å². The molecule has 1 N–H and O–H groups in total. The van der Waals surface area contributed by atoms with Crippen LogP contribution in [0.5, 0.6) is 0 Å². The van der Waals surface area contributed by atoms with Gasteiger partial charge in [-0.1, -0.05) is 6.92 Å². The molecule has 1 saturated heterocycles. The number of nitrogens with zero attached hydrogens (tertiary/aromatic N) is 2. The lowest BCUT2D eigenvalue weighted by atomic mass is 9.98. The van der Waals surface area contributed by atoms with E-state index in [0.717, 1.165) is 31.8 Å². The van der Waals surface area contributed by atoms with E-state index in [9.17, 15) is 8.42 Å². The predicted molar refractivity (Wildman–Crippen MR) is 86.5 cm³/mol. The molecule has 0 spiro atoms. The number of hydrogen-bond donors (Lipinski definition) is 1. The molecule has 1 aromatic rings. The maximum atomic E-state index is 11.7. The Morgan fingerprint density at radius 1 is 1.50 bits per heavy atom. The van der Waals surface area contributed by atoms with Crippen molar-refractivity contribution in [2.75, 3.05) is 24.7 Å². The second-order valence-corrected chi connectivity index (χ2v) is 8.32. The highest BCUT2D eigenvalue weighted by Crippen LogP contribution is 2.34. The van der Waals surface area contributed by atoms with Gasteiger partial charge in [-0.2, -0.15) is 5.10 Å². The Morgan fingerprint density at radius 3 is 2.95 bits per heavy atom. The third kappa shape index (κ3) is 4.30. The average molecular weight is 329 g/mol. The first kappa shape index (κ1) is 17.4. The van der Waals surface area contributed by atoms with Crippen LogP contribution in [0.15, 0.2) is 12.3 Å². The minimum Gasteiger partial charge on any atom is -0.372 e. The highest BCUT2D eigenvalue weighted by atomic mass is 32.2. The highest BCUT2D eigenvalue weighted by molar-refractivity contribution is 7.91. The van der Waals surface area contributed by atoms with Crippen LogP contribution in [0.2, 0.25) is 0 Å². The molecule has 0 saturated carbocycles. The van der Waals surface area contributed by atoms with Crippen molar-refractivity contribution < 1.29 is 13.2 Å². The highest BCUT2D eigenvalue weighted by Gasteiger charge is 2.32. The number of aromatic nitrogens is 2. The molecule has 1 aromatic heterocycles. The molecule has 0 aromatic carbocycles. The average Bonchev–Trinajstić information content (AvgIpc) is 3.12. The zero-order chi connectivity index (χ0) is 16.2. The zero-order valence-electron chi connectivity index (χ0n) is 13.7. The van der Waals surface area contributed by atoms with Crippen LogP contribution in [-0.2, 0) is 21.1 Å². The van der Waals surface area contributed by atoms with Crippen LogP contribution in [0.25, 0.3) is 0 Å². The molecule has 0 amide bonds. The summed E-state index contributed by atoms with van der Waals surface area (Å²) in [7, 11) is -2.94. The third-order valence-corrected chi connectivity index (χ3v) is 6.11. The van der Waals surface area contributed by atoms with Crippen LogP contribution in [-0.4, -0.2) is 48.9 Å². The van der Waals surface area contributed by atoms with Gasteiger partial charge < -0.3 is 10.1 Å². The molecule has 3 atom stereocenters. The second-order valence-electron chi connectivity index (χ2n) is 5.92. The minimum absolute atomic E-state index is 0.0396. The lowest BCUT2D eigenvalue weighted by Crippen LogP contribution is -2.37. The Kier molecular flexibility index (Phi) is 6.00. The van der Waals surface area contributed by atoms with Crippen molar-refractivity contribution in [3.05, 3.63) is 18.0 Å². The summed E-state index contributed by atoms with van der Waals surface area (Å²) in [5.41, 5.74) is 1.11. The molecule has 0 unspecified atom stereocenters. The number of rotatable bonds is 8. The summed E-state index contributed by atoms with van der Waals surface area (Å²) in [6.45, 7) is 8.01. The fourth-order valence-corrected chi connectivity index (χ4v) is 4.04. The van der Waals surface area contributed by atoms with Crippen LogP contribution in [0, 0.1) is 5.92 Å². The van der Waals surface area contributed by atoms with Crippen LogP contribution in [0.3, 0.4) is 0 Å². The van der Waals surface area contributed by atoms with Gasteiger partial charge in [0.1, 0.15) is 6.10 Å². The fraction of sp³-hybridized carbons (Fsp3) is 0.800. The number of aryl methyl sites for hydroxylation is 1. The van der Waals surface area contributed by atoms with Gasteiger partial charge in [0.05, 0.1) is 11.4 Å². The molecule has 6 nitrogen and oxygen atoms in total. The maximum Gasteiger partial charge on any atom is 0.151 e. The summed E-state index contributed by atoms with van der Waals surface area (Å²) in [5.74, 6) is 0.743. The molecular weight excluding hydrogens is 302 g/mol. The van der Waals surface area contributed by atoms with E-state index in [-0.39, 0.29) is 23.7 Å². The van der Waals surface area contributed by atoms with E-state index >= 15 is 0 Å². The van der Waals surface area contributed by atoms with Crippen molar-refractivity contribution >= 4 is 9.84 Å². The first-order valence-electron chi connectivity index (χ1n) is 8.04. The molecule has 1 fully saturated rings. The lowest BCUT2D eigenvalue weighted by molar-refractivity contribution is 0.0826. The molecule has 2 heterocycles. The van der Waals surface area contributed by atoms with Gasteiger partial charge in [-0.25, -0.2) is 8.42 Å². The predicted octanol–water partition coefficient (Wildman–Crippen LogP) is 1.39. The van der Waals surface area contributed by atoms with Gasteiger partial charge in [-0.3, -0.25) is 4.68 Å². The van der Waals surface area contributed by atoms with Gasteiger partial charge in [-0.05, 0) is 26.3 Å². The van der Waals surface area contributed by atoms with Crippen LogP contribution >= 0.6 is 0 Å². The molecule has 0 radical (unpaired) electrons. The molecule has 2 rings (SSSR count). The van der Waals surface area contributed by atoms with Crippen molar-refractivity contribution in [1.82, 2.24) is 15.1 Å². The molecule has 22 heavy (non-hydrogen) atoms. The van der Waals surface area contributed by atoms with E-state index in [0.29, 0.717) is 5.92 Å². The van der Waals surface area contributed by atoms with E-state index in [4.69, 9.17) is 4.74 Å². The SMILES string of the molecule is CCn1nccc1[C@@H]1OCC[C@H]1CN[C@@H](C)CS(=O)(=O)CC. The Morgan fingerprint density at radius 2 is 2.27 bits per heavy atom. The molecule has 126 valence electrons. The van der Waals surface area contributed by atoms with Gasteiger partial charge in [0.25, 0.3) is 0 Å². The number of nitrogens with one attached hydrogen (secondary N) is 1. The van der Waals surface area contributed by atoms with E-state index in [1.165, 1.54) is 0 Å². The standard InChI is InChI=1S/C15H27N3O3S/c1-4-18-14(6-8-17-18)15-13(7-9-21-15)10-16-12(3)11-22(19,20)5-2/h6,8,12-13,15-16H,4-5,7,9-11H2,1-3H3/t12-,13-,15+/m0/s1. The molecular formula is C15H27N3O3S. The summed E-state index contributed by atoms with van der Waals surface area (Å²) >= 11 is 0. The molecule has 1 aliphatic heterocycles. The van der Waals surface area contributed by atoms with Gasteiger partial charge in [-0.15, -0.1) is 0 Å². The normalized spacial score (nSPS) is 23.8. The summed E-state index contributed by atoms with van der Waals surface area (Å²) in [5, 5.41) is 7.66. The number of ether oxygens (including phenoxy) is 1. The fourth-order valence-electron chi connectivity index (χ4n) is 2.93. The summed E-state index contributed by atoms with van der Waals surface area (Å²) < 4.78 is 31.2. The second kappa shape index (κ2) is 7.57. The smallest absolute Gasteiger partial charge is 0.151 e. The van der Waals surface area contributed by atoms with Gasteiger partial charge in [0, 0.05) is 43.6 Å². The van der Waals surface area contributed by atoms with Crippen molar-refractivity contribution in [1.29, 1.82) is 0 Å². The maximum absolute atomic E-state index is 11.7. The zero-order valence-corrected chi connectivity index (χ0v) is 14.5. The summed E-state index contributed by atoms with van der Waals surface area (Å²) in [6, 6.07) is 1.97. The number of hydrogen-bond acceptors (Lipinski definition) is 5. The van der Waals surface area contributed by atoms with E-state index in [1.807, 2.05) is 17.7 Å². The van der Waals surface area contributed by atoms with Crippen molar-refractivity contribution in [2.24, 2.45) is 5.92 Å². The first-order chi connectivity index (χ1) is 10.5. The van der Waals surface area contributed by atoms with Crippen molar-refractivity contribution in [3.8, 4) is 0 Å². The van der Waals surface area contributed by atoms with Crippen molar-refractivity contribution in [3.63, 3.8) is 0 Å². The lowest BCUT2D eigenvalue weighted by Gasteiger charge is -2.22. The minimum atomic E-state index is -2.94. The van der Waals surface area contributed by atoms with Gasteiger partial charge in [0.2, 0.25) is 0 Å². The summed E-state index contributed by atoms with van der Waals surface area (Å²) in [4.78, 5) is 0. The Balaban J connectivity index is 1.92. The van der Waals surface area contributed by atoms with Crippen LogP contribution in [0.4, 0.5) is 0 Å². The number of sulfone groups is 1. The third-order valence-electron chi connectivity index (χ3n) is 4.23. The molecule has 1 aliphatic rings. The Bertz CT molecular complexity index is 570. The van der Waals surface area contributed by atoms with Crippen molar-refractivity contribution in [2.45, 2.75) is 45.9 Å². The van der Waals surface area contributed by atoms with Gasteiger partial charge in [0.15, 0.2) is 9.84 Å². The van der Waals surface area contributed by atoms with E-state index < -0.39 is 9.84 Å². The van der Waals surface area contributed by atoms with E-state index in [1.54, 1.807) is 13.1 Å². The van der Waals surface area contributed by atoms with E-state index in [2.05, 4.69) is 17.3 Å². The molecule has 0 bridgehead atoms. The topological polar surface area (TPSA) is 73.2 Å². The summed E-state index contributed by atoms with van der Waals surface area (Å²) in [6.07, 6.45) is 2.84. The molecule has 7 heteroatoms.